The molecule has 22 heavy (non-hydrogen) atoms. The molecule has 0 spiro atoms. The average molecular weight is 306 g/mol. The lowest BCUT2D eigenvalue weighted by Gasteiger charge is -2.08. The molecule has 2 rings (SSSR count). The number of nitrogens with zero attached hydrogens (tertiary/aromatic N) is 1. The molecule has 116 valence electrons. The first-order valence-electron chi connectivity index (χ1n) is 6.24. The van der Waals surface area contributed by atoms with Crippen molar-refractivity contribution in [2.75, 3.05) is 20.8 Å². The second-order valence-corrected chi connectivity index (χ2v) is 4.38. The van der Waals surface area contributed by atoms with Gasteiger partial charge in [0.15, 0.2) is 0 Å². The normalized spacial score (nSPS) is 15.9. The molecule has 1 aromatic rings. The Kier molecular flexibility index (Phi) is 4.31. The van der Waals surface area contributed by atoms with E-state index < -0.39 is 24.5 Å². The highest BCUT2D eigenvalue weighted by atomic mass is 16.5. The van der Waals surface area contributed by atoms with E-state index >= 15 is 0 Å². The van der Waals surface area contributed by atoms with Crippen molar-refractivity contribution in [2.45, 2.75) is 0 Å². The van der Waals surface area contributed by atoms with Crippen LogP contribution in [0, 0.1) is 0 Å². The molecular weight excluding hydrogens is 292 g/mol. The summed E-state index contributed by atoms with van der Waals surface area (Å²) in [5.41, 5.74) is 0.527. The van der Waals surface area contributed by atoms with Crippen LogP contribution in [0.25, 0.3) is 6.08 Å². The van der Waals surface area contributed by atoms with Crippen LogP contribution in [-0.4, -0.2) is 48.7 Å². The number of carboxylic acids is 1. The van der Waals surface area contributed by atoms with Gasteiger partial charge in [0, 0.05) is 11.6 Å². The van der Waals surface area contributed by atoms with Crippen LogP contribution in [0.5, 0.6) is 11.5 Å². The maximum atomic E-state index is 12.0. The van der Waals surface area contributed by atoms with Crippen LogP contribution in [0.3, 0.4) is 0 Å². The molecule has 1 aliphatic heterocycles. The van der Waals surface area contributed by atoms with Crippen LogP contribution in [0.4, 0.5) is 4.79 Å². The van der Waals surface area contributed by atoms with Crippen LogP contribution in [-0.2, 0) is 9.59 Å². The number of rotatable bonds is 5. The SMILES string of the molecule is COc1ccc(C=C2NC(=O)N(CC(=O)O)C2=O)c(OC)c1. The van der Waals surface area contributed by atoms with Crippen molar-refractivity contribution in [1.82, 2.24) is 10.2 Å². The highest BCUT2D eigenvalue weighted by Gasteiger charge is 2.35. The molecule has 0 aromatic heterocycles. The zero-order valence-corrected chi connectivity index (χ0v) is 12.0. The summed E-state index contributed by atoms with van der Waals surface area (Å²) in [7, 11) is 2.97. The van der Waals surface area contributed by atoms with E-state index in [0.29, 0.717) is 22.0 Å². The maximum Gasteiger partial charge on any atom is 0.329 e. The fourth-order valence-corrected chi connectivity index (χ4v) is 1.94. The molecule has 1 saturated heterocycles. The van der Waals surface area contributed by atoms with Gasteiger partial charge < -0.3 is 19.9 Å². The minimum Gasteiger partial charge on any atom is -0.497 e. The molecule has 0 bridgehead atoms. The second-order valence-electron chi connectivity index (χ2n) is 4.38. The number of hydrogen-bond donors (Lipinski definition) is 2. The number of amides is 3. The average Bonchev–Trinajstić information content (AvgIpc) is 2.75. The highest BCUT2D eigenvalue weighted by molar-refractivity contribution is 6.15. The Hall–Kier alpha value is -3.03. The molecule has 0 radical (unpaired) electrons. The van der Waals surface area contributed by atoms with Crippen molar-refractivity contribution < 1.29 is 29.0 Å². The number of imide groups is 1. The van der Waals surface area contributed by atoms with Crippen LogP contribution < -0.4 is 14.8 Å². The third kappa shape index (κ3) is 3.00. The first-order valence-corrected chi connectivity index (χ1v) is 6.24. The van der Waals surface area contributed by atoms with Gasteiger partial charge in [-0.05, 0) is 18.2 Å². The molecule has 8 heteroatoms. The monoisotopic (exact) mass is 306 g/mol. The van der Waals surface area contributed by atoms with Gasteiger partial charge >= 0.3 is 12.0 Å². The van der Waals surface area contributed by atoms with Gasteiger partial charge in [-0.25, -0.2) is 9.69 Å². The van der Waals surface area contributed by atoms with Gasteiger partial charge in [0.25, 0.3) is 5.91 Å². The van der Waals surface area contributed by atoms with Crippen molar-refractivity contribution in [2.24, 2.45) is 0 Å². The van der Waals surface area contributed by atoms with E-state index in [1.807, 2.05) is 0 Å². The topological polar surface area (TPSA) is 105 Å². The van der Waals surface area contributed by atoms with Gasteiger partial charge in [0.2, 0.25) is 0 Å². The van der Waals surface area contributed by atoms with E-state index in [1.165, 1.54) is 20.3 Å². The van der Waals surface area contributed by atoms with E-state index in [4.69, 9.17) is 14.6 Å². The van der Waals surface area contributed by atoms with Crippen LogP contribution in [0.1, 0.15) is 5.56 Å². The number of ether oxygens (including phenoxy) is 2. The quantitative estimate of drug-likeness (QED) is 0.612. The van der Waals surface area contributed by atoms with E-state index in [-0.39, 0.29) is 5.70 Å². The molecule has 0 unspecified atom stereocenters. The molecule has 1 aromatic carbocycles. The number of aliphatic carboxylic acids is 1. The third-order valence-corrected chi connectivity index (χ3v) is 3.00. The van der Waals surface area contributed by atoms with Gasteiger partial charge in [0.1, 0.15) is 23.7 Å². The van der Waals surface area contributed by atoms with Crippen molar-refractivity contribution in [3.8, 4) is 11.5 Å². The molecule has 1 fully saturated rings. The first-order chi connectivity index (χ1) is 10.5. The largest absolute Gasteiger partial charge is 0.497 e. The van der Waals surface area contributed by atoms with Crippen LogP contribution in [0.15, 0.2) is 23.9 Å². The Labute approximate surface area is 125 Å². The lowest BCUT2D eigenvalue weighted by atomic mass is 10.1. The Morgan fingerprint density at radius 2 is 2.05 bits per heavy atom. The summed E-state index contributed by atoms with van der Waals surface area (Å²) in [5, 5.41) is 11.0. The number of nitrogens with one attached hydrogen (secondary N) is 1. The number of carbonyl (C=O) groups is 3. The van der Waals surface area contributed by atoms with Crippen molar-refractivity contribution in [1.29, 1.82) is 0 Å². The number of benzene rings is 1. The molecule has 0 aliphatic carbocycles. The predicted octanol–water partition coefficient (Wildman–Crippen LogP) is 0.681. The molecule has 2 N–H and O–H groups in total. The summed E-state index contributed by atoms with van der Waals surface area (Å²) in [6.07, 6.45) is 1.42. The van der Waals surface area contributed by atoms with Crippen molar-refractivity contribution in [3.05, 3.63) is 29.5 Å². The first kappa shape index (κ1) is 15.4. The Balaban J connectivity index is 2.32. The molecule has 3 amide bonds. The molecule has 8 nitrogen and oxygen atoms in total. The highest BCUT2D eigenvalue weighted by Crippen LogP contribution is 2.27. The van der Waals surface area contributed by atoms with Gasteiger partial charge in [-0.1, -0.05) is 0 Å². The van der Waals surface area contributed by atoms with Crippen molar-refractivity contribution in [3.63, 3.8) is 0 Å². The molecular formula is C14H14N2O6. The third-order valence-electron chi connectivity index (χ3n) is 3.00. The summed E-state index contributed by atoms with van der Waals surface area (Å²) in [6, 6.07) is 4.18. The van der Waals surface area contributed by atoms with E-state index in [2.05, 4.69) is 5.32 Å². The summed E-state index contributed by atoms with van der Waals surface area (Å²) in [6.45, 7) is -0.693. The van der Waals surface area contributed by atoms with Gasteiger partial charge in [0.05, 0.1) is 14.2 Å². The predicted molar refractivity (Wildman–Crippen MR) is 75.4 cm³/mol. The minimum atomic E-state index is -1.27. The van der Waals surface area contributed by atoms with Gasteiger partial charge in [-0.15, -0.1) is 0 Å². The number of hydrogen-bond acceptors (Lipinski definition) is 5. The molecule has 1 aliphatic rings. The number of urea groups is 1. The zero-order chi connectivity index (χ0) is 16.3. The maximum absolute atomic E-state index is 12.0. The number of methoxy groups -OCH3 is 2. The molecule has 0 saturated carbocycles. The Morgan fingerprint density at radius 1 is 1.32 bits per heavy atom. The van der Waals surface area contributed by atoms with Gasteiger partial charge in [-0.3, -0.25) is 9.59 Å². The smallest absolute Gasteiger partial charge is 0.329 e. The Morgan fingerprint density at radius 3 is 2.64 bits per heavy atom. The van der Waals surface area contributed by atoms with Crippen LogP contribution in [0.2, 0.25) is 0 Å². The summed E-state index contributed by atoms with van der Waals surface area (Å²) >= 11 is 0. The summed E-state index contributed by atoms with van der Waals surface area (Å²) in [5.74, 6) is -0.948. The van der Waals surface area contributed by atoms with Gasteiger partial charge in [-0.2, -0.15) is 0 Å². The molecule has 1 heterocycles. The lowest BCUT2D eigenvalue weighted by molar-refractivity contribution is -0.140. The number of carboxylic acid groups (broad SMARTS) is 1. The second kappa shape index (κ2) is 6.17. The van der Waals surface area contributed by atoms with E-state index in [0.717, 1.165) is 0 Å². The van der Waals surface area contributed by atoms with Crippen LogP contribution >= 0.6 is 0 Å². The minimum absolute atomic E-state index is 0.0188. The summed E-state index contributed by atoms with van der Waals surface area (Å²) < 4.78 is 10.3. The Bertz CT molecular complexity index is 667. The van der Waals surface area contributed by atoms with E-state index in [1.54, 1.807) is 18.2 Å². The fraction of sp³-hybridized carbons (Fsp3) is 0.214. The lowest BCUT2D eigenvalue weighted by Crippen LogP contribution is -2.35. The van der Waals surface area contributed by atoms with E-state index in [9.17, 15) is 14.4 Å². The number of carbonyl (C=O) groups excluding carboxylic acids is 2. The van der Waals surface area contributed by atoms with Crippen molar-refractivity contribution >= 4 is 24.0 Å². The standard InChI is InChI=1S/C14H14N2O6/c1-21-9-4-3-8(11(6-9)22-2)5-10-13(19)16(7-12(17)18)14(20)15-10/h3-6H,7H2,1-2H3,(H,15,20)(H,17,18). The molecule has 0 atom stereocenters. The fourth-order valence-electron chi connectivity index (χ4n) is 1.94. The summed E-state index contributed by atoms with van der Waals surface area (Å²) in [4.78, 5) is 34.9. The zero-order valence-electron chi connectivity index (χ0n) is 12.0.